The van der Waals surface area contributed by atoms with Crippen molar-refractivity contribution in [2.75, 3.05) is 5.88 Å². The minimum atomic E-state index is -0.794. The summed E-state index contributed by atoms with van der Waals surface area (Å²) >= 11 is 7.62. The van der Waals surface area contributed by atoms with Gasteiger partial charge in [-0.15, -0.1) is 21.8 Å². The maximum absolute atomic E-state index is 13.3. The molecule has 0 spiro atoms. The van der Waals surface area contributed by atoms with Gasteiger partial charge in [-0.05, 0) is 50.5 Å². The summed E-state index contributed by atoms with van der Waals surface area (Å²) < 4.78 is 1.87. The van der Waals surface area contributed by atoms with E-state index in [0.717, 1.165) is 16.7 Å². The Bertz CT molecular complexity index is 1440. The normalized spacial score (nSPS) is 12.2. The molecule has 3 aromatic carbocycles. The molecule has 1 amide bonds. The van der Waals surface area contributed by atoms with Crippen molar-refractivity contribution in [2.24, 2.45) is 5.41 Å². The third-order valence-corrected chi connectivity index (χ3v) is 7.94. The third-order valence-electron chi connectivity index (χ3n) is 6.28. The molecule has 0 aliphatic rings. The summed E-state index contributed by atoms with van der Waals surface area (Å²) in [4.78, 5) is 24.1. The van der Waals surface area contributed by atoms with Crippen LogP contribution in [0, 0.1) is 22.5 Å². The average molecular weight is 564 g/mol. The van der Waals surface area contributed by atoms with Gasteiger partial charge in [-0.25, -0.2) is 0 Å². The van der Waals surface area contributed by atoms with Crippen LogP contribution in [0.3, 0.4) is 0 Å². The summed E-state index contributed by atoms with van der Waals surface area (Å²) in [6.45, 7) is 5.63. The minimum Gasteiger partial charge on any atom is -0.345 e. The number of nitro benzene ring substituents is 1. The van der Waals surface area contributed by atoms with E-state index in [1.165, 1.54) is 23.9 Å². The first-order valence-electron chi connectivity index (χ1n) is 12.5. The second kappa shape index (κ2) is 12.4. The largest absolute Gasteiger partial charge is 0.345 e. The van der Waals surface area contributed by atoms with Crippen molar-refractivity contribution in [3.05, 3.63) is 111 Å². The molecule has 1 heterocycles. The number of aryl methyl sites for hydroxylation is 1. The van der Waals surface area contributed by atoms with Gasteiger partial charge in [0, 0.05) is 29.5 Å². The second-order valence-electron chi connectivity index (χ2n) is 9.96. The summed E-state index contributed by atoms with van der Waals surface area (Å²) in [5, 5.41) is 24.1. The van der Waals surface area contributed by atoms with E-state index in [9.17, 15) is 14.9 Å². The number of nitrogens with zero attached hydrogens (tertiary/aromatic N) is 4. The van der Waals surface area contributed by atoms with Crippen LogP contribution in [0.2, 0.25) is 0 Å². The van der Waals surface area contributed by atoms with E-state index < -0.39 is 16.4 Å². The van der Waals surface area contributed by atoms with E-state index in [1.54, 1.807) is 26.0 Å². The first kappa shape index (κ1) is 28.3. The highest BCUT2D eigenvalue weighted by molar-refractivity contribution is 7.98. The maximum atomic E-state index is 13.3. The van der Waals surface area contributed by atoms with Gasteiger partial charge in [0.1, 0.15) is 0 Å². The quantitative estimate of drug-likeness (QED) is 0.0974. The Morgan fingerprint density at radius 3 is 2.38 bits per heavy atom. The lowest BCUT2D eigenvalue weighted by Gasteiger charge is -2.26. The van der Waals surface area contributed by atoms with Crippen LogP contribution in [0.25, 0.3) is 5.69 Å². The molecule has 0 saturated heterocycles. The monoisotopic (exact) mass is 563 g/mol. The van der Waals surface area contributed by atoms with Crippen LogP contribution in [0.15, 0.2) is 84.0 Å². The Hall–Kier alpha value is -3.69. The van der Waals surface area contributed by atoms with Crippen LogP contribution in [0.1, 0.15) is 42.4 Å². The number of hydrogen-bond donors (Lipinski definition) is 1. The molecule has 202 valence electrons. The minimum absolute atomic E-state index is 0.0136. The fourth-order valence-electron chi connectivity index (χ4n) is 3.99. The lowest BCUT2D eigenvalue weighted by atomic mass is 9.94. The number of aromatic nitrogens is 3. The van der Waals surface area contributed by atoms with Crippen LogP contribution in [0.5, 0.6) is 0 Å². The van der Waals surface area contributed by atoms with Crippen molar-refractivity contribution in [2.45, 2.75) is 44.1 Å². The topological polar surface area (TPSA) is 103 Å². The molecule has 1 unspecified atom stereocenters. The Labute approximate surface area is 237 Å². The highest BCUT2D eigenvalue weighted by atomic mass is 35.5. The van der Waals surface area contributed by atoms with Crippen LogP contribution >= 0.6 is 23.4 Å². The number of nitrogens with one attached hydrogen (secondary N) is 1. The lowest BCUT2D eigenvalue weighted by Crippen LogP contribution is -2.41. The average Bonchev–Trinajstić information content (AvgIpc) is 3.36. The van der Waals surface area contributed by atoms with Crippen LogP contribution < -0.4 is 5.32 Å². The Balaban J connectivity index is 1.77. The summed E-state index contributed by atoms with van der Waals surface area (Å²) in [6.07, 6.45) is 0.471. The van der Waals surface area contributed by atoms with Gasteiger partial charge in [-0.2, -0.15) is 0 Å². The van der Waals surface area contributed by atoms with E-state index in [-0.39, 0.29) is 17.5 Å². The fourth-order valence-corrected chi connectivity index (χ4v) is 5.01. The van der Waals surface area contributed by atoms with Gasteiger partial charge < -0.3 is 5.32 Å². The van der Waals surface area contributed by atoms with Gasteiger partial charge in [0.25, 0.3) is 5.69 Å². The van der Waals surface area contributed by atoms with Gasteiger partial charge in [0.2, 0.25) is 5.91 Å². The number of carbonyl (C=O) groups excluding carboxylic acids is 1. The number of amides is 1. The van der Waals surface area contributed by atoms with Crippen molar-refractivity contribution in [3.8, 4) is 5.69 Å². The zero-order valence-corrected chi connectivity index (χ0v) is 23.6. The molecule has 8 nitrogen and oxygen atoms in total. The van der Waals surface area contributed by atoms with E-state index >= 15 is 0 Å². The van der Waals surface area contributed by atoms with Gasteiger partial charge in [0.15, 0.2) is 11.0 Å². The van der Waals surface area contributed by atoms with Crippen molar-refractivity contribution >= 4 is 35.0 Å². The van der Waals surface area contributed by atoms with Crippen molar-refractivity contribution in [3.63, 3.8) is 0 Å². The highest BCUT2D eigenvalue weighted by Gasteiger charge is 2.32. The number of alkyl halides is 1. The zero-order chi connectivity index (χ0) is 28.0. The Morgan fingerprint density at radius 2 is 1.74 bits per heavy atom. The van der Waals surface area contributed by atoms with E-state index in [2.05, 4.69) is 27.6 Å². The molecular weight excluding hydrogens is 534 g/mol. The Morgan fingerprint density at radius 1 is 1.05 bits per heavy atom. The molecular formula is C29H30ClN5O3S. The lowest BCUT2D eigenvalue weighted by molar-refractivity contribution is -0.384. The highest BCUT2D eigenvalue weighted by Crippen LogP contribution is 2.31. The fraction of sp³-hybridized carbons (Fsp3) is 0.276. The van der Waals surface area contributed by atoms with Gasteiger partial charge in [-0.1, -0.05) is 71.9 Å². The first-order chi connectivity index (χ1) is 18.7. The molecule has 0 fully saturated rings. The third kappa shape index (κ3) is 7.04. The number of thioether (sulfide) groups is 1. The molecule has 0 saturated carbocycles. The molecule has 1 atom stereocenters. The number of benzene rings is 3. The maximum Gasteiger partial charge on any atom is 0.269 e. The standard InChI is InChI=1S/C29H30ClN5O3S/c1-20-8-7-11-22(16-20)18-39-28-33-32-26(34(28)23-12-14-24(15-13-23)35(37)38)25(17-21-9-5-4-6-10-21)31-27(36)29(2,3)19-30/h4-16,25H,17-19H2,1-3H3,(H,31,36). The predicted octanol–water partition coefficient (Wildman–Crippen LogP) is 6.44. The van der Waals surface area contributed by atoms with E-state index in [4.69, 9.17) is 11.6 Å². The van der Waals surface area contributed by atoms with Gasteiger partial charge >= 0.3 is 0 Å². The second-order valence-corrected chi connectivity index (χ2v) is 11.2. The number of carbonyl (C=O) groups is 1. The summed E-state index contributed by atoms with van der Waals surface area (Å²) in [6, 6.07) is 23.8. The van der Waals surface area contributed by atoms with E-state index in [1.807, 2.05) is 54.0 Å². The Kier molecular flexibility index (Phi) is 9.04. The molecule has 0 aliphatic heterocycles. The molecule has 1 aromatic heterocycles. The number of non-ortho nitro benzene ring substituents is 1. The smallest absolute Gasteiger partial charge is 0.269 e. The van der Waals surface area contributed by atoms with Crippen LogP contribution in [-0.4, -0.2) is 31.5 Å². The first-order valence-corrected chi connectivity index (χ1v) is 14.0. The molecule has 10 heteroatoms. The number of hydrogen-bond acceptors (Lipinski definition) is 6. The van der Waals surface area contributed by atoms with Gasteiger partial charge in [-0.3, -0.25) is 19.5 Å². The molecule has 0 aliphatic carbocycles. The zero-order valence-electron chi connectivity index (χ0n) is 22.0. The van der Waals surface area contributed by atoms with Crippen molar-refractivity contribution < 1.29 is 9.72 Å². The number of rotatable bonds is 11. The van der Waals surface area contributed by atoms with Crippen LogP contribution in [-0.2, 0) is 17.0 Å². The van der Waals surface area contributed by atoms with Gasteiger partial charge in [0.05, 0.1) is 16.4 Å². The summed E-state index contributed by atoms with van der Waals surface area (Å²) in [5.41, 5.74) is 3.17. The predicted molar refractivity (Wildman–Crippen MR) is 154 cm³/mol. The summed E-state index contributed by atoms with van der Waals surface area (Å²) in [7, 11) is 0. The van der Waals surface area contributed by atoms with Crippen molar-refractivity contribution in [1.29, 1.82) is 0 Å². The molecule has 0 bridgehead atoms. The molecule has 1 N–H and O–H groups in total. The van der Waals surface area contributed by atoms with Crippen LogP contribution in [0.4, 0.5) is 5.69 Å². The molecule has 39 heavy (non-hydrogen) atoms. The number of halogens is 1. The van der Waals surface area contributed by atoms with E-state index in [0.29, 0.717) is 28.8 Å². The number of nitro groups is 1. The molecule has 4 rings (SSSR count). The molecule has 0 radical (unpaired) electrons. The SMILES string of the molecule is Cc1cccc(CSc2nnc(C(Cc3ccccc3)NC(=O)C(C)(C)CCl)n2-c2ccc([N+](=O)[O-])cc2)c1. The van der Waals surface area contributed by atoms with Crippen molar-refractivity contribution in [1.82, 2.24) is 20.1 Å². The molecule has 4 aromatic rings. The summed E-state index contributed by atoms with van der Waals surface area (Å²) in [5.74, 6) is 1.13.